The smallest absolute Gasteiger partial charge is 0.309 e. The van der Waals surface area contributed by atoms with Gasteiger partial charge in [-0.05, 0) is 18.6 Å². The lowest BCUT2D eigenvalue weighted by atomic mass is 10.1. The van der Waals surface area contributed by atoms with Crippen molar-refractivity contribution in [2.45, 2.75) is 19.8 Å². The van der Waals surface area contributed by atoms with Crippen LogP contribution in [-0.4, -0.2) is 111 Å². The topological polar surface area (TPSA) is 145 Å². The van der Waals surface area contributed by atoms with Crippen molar-refractivity contribution in [3.8, 4) is 5.75 Å². The van der Waals surface area contributed by atoms with Crippen LogP contribution in [0.1, 0.15) is 18.4 Å². The Balaban J connectivity index is 2.33. The number of anilines is 1. The fourth-order valence-corrected chi connectivity index (χ4v) is 3.14. The minimum atomic E-state index is -0.462. The number of rotatable bonds is 25. The van der Waals surface area contributed by atoms with E-state index in [1.807, 2.05) is 25.1 Å². The number of esters is 2. The Morgan fingerprint density at radius 3 is 1.69 bits per heavy atom. The molecular weight excluding hydrogens is 518 g/mol. The number of carbonyl (C=O) groups is 4. The Hall–Kier alpha value is -3.42. The average molecular weight is 558 g/mol. The van der Waals surface area contributed by atoms with Gasteiger partial charge in [-0.3, -0.25) is 19.2 Å². The maximum Gasteiger partial charge on any atom is 0.309 e. The molecule has 0 saturated carbocycles. The highest BCUT2D eigenvalue weighted by Gasteiger charge is 2.11. The molecule has 0 bridgehead atoms. The molecule has 0 aliphatic rings. The molecule has 0 aliphatic carbocycles. The van der Waals surface area contributed by atoms with Gasteiger partial charge < -0.3 is 42.8 Å². The summed E-state index contributed by atoms with van der Waals surface area (Å²) in [5.41, 5.74) is 2.05. The summed E-state index contributed by atoms with van der Waals surface area (Å²) in [6.07, 6.45) is 0.00223. The Kier molecular flexibility index (Phi) is 19.4. The maximum atomic E-state index is 11.5. The largest absolute Gasteiger partial charge is 0.497 e. The molecule has 13 heteroatoms. The molecule has 0 N–H and O–H groups in total. The third-order valence-electron chi connectivity index (χ3n) is 5.11. The molecular formula is C26H39NO12. The van der Waals surface area contributed by atoms with E-state index in [9.17, 15) is 19.2 Å². The second-order valence-electron chi connectivity index (χ2n) is 7.85. The highest BCUT2D eigenvalue weighted by Crippen LogP contribution is 2.25. The fourth-order valence-electron chi connectivity index (χ4n) is 3.14. The molecule has 0 aromatic heterocycles. The van der Waals surface area contributed by atoms with E-state index in [4.69, 9.17) is 28.4 Å². The minimum Gasteiger partial charge on any atom is -0.497 e. The van der Waals surface area contributed by atoms with Gasteiger partial charge in [-0.1, -0.05) is 6.07 Å². The van der Waals surface area contributed by atoms with Crippen LogP contribution in [0.2, 0.25) is 0 Å². The predicted molar refractivity (Wildman–Crippen MR) is 138 cm³/mol. The number of nitrogens with zero attached hydrogens (tertiary/aromatic N) is 1. The number of carbonyl (C=O) groups excluding carboxylic acids is 4. The van der Waals surface area contributed by atoms with Gasteiger partial charge in [0.25, 0.3) is 12.9 Å². The highest BCUT2D eigenvalue weighted by molar-refractivity contribution is 5.69. The van der Waals surface area contributed by atoms with Gasteiger partial charge in [0.1, 0.15) is 32.2 Å². The summed E-state index contributed by atoms with van der Waals surface area (Å²) in [6.45, 7) is 5.93. The first-order valence-corrected chi connectivity index (χ1v) is 12.6. The number of hydrogen-bond acceptors (Lipinski definition) is 13. The maximum absolute atomic E-state index is 11.5. The molecule has 0 aliphatic heterocycles. The Labute approximate surface area is 228 Å². The van der Waals surface area contributed by atoms with Gasteiger partial charge >= 0.3 is 11.9 Å². The van der Waals surface area contributed by atoms with Crippen molar-refractivity contribution in [3.63, 3.8) is 0 Å². The van der Waals surface area contributed by atoms with Gasteiger partial charge in [0, 0.05) is 24.8 Å². The van der Waals surface area contributed by atoms with E-state index in [1.54, 1.807) is 7.11 Å². The average Bonchev–Trinajstić information content (AvgIpc) is 2.93. The number of methoxy groups -OCH3 is 1. The summed E-state index contributed by atoms with van der Waals surface area (Å²) in [5.74, 6) is -0.188. The van der Waals surface area contributed by atoms with Gasteiger partial charge in [-0.25, -0.2) is 0 Å². The monoisotopic (exact) mass is 557 g/mol. The van der Waals surface area contributed by atoms with E-state index in [2.05, 4.69) is 14.4 Å². The SMILES string of the molecule is COc1ccc(C)c(N(CCOCCOCCOC(=O)CCOC=O)CCOCCOC(=O)CCOC=O)c1. The molecule has 39 heavy (non-hydrogen) atoms. The van der Waals surface area contributed by atoms with Crippen molar-refractivity contribution < 1.29 is 57.1 Å². The van der Waals surface area contributed by atoms with Gasteiger partial charge in [-0.2, -0.15) is 0 Å². The summed E-state index contributed by atoms with van der Waals surface area (Å²) >= 11 is 0. The highest BCUT2D eigenvalue weighted by atomic mass is 16.6. The van der Waals surface area contributed by atoms with E-state index in [1.165, 1.54) is 0 Å². The molecule has 0 spiro atoms. The first-order chi connectivity index (χ1) is 19.0. The van der Waals surface area contributed by atoms with Gasteiger partial charge in [0.05, 0.1) is 59.6 Å². The second kappa shape index (κ2) is 22.6. The molecule has 13 nitrogen and oxygen atoms in total. The third kappa shape index (κ3) is 16.9. The van der Waals surface area contributed by atoms with Crippen LogP contribution in [0.25, 0.3) is 0 Å². The van der Waals surface area contributed by atoms with Gasteiger partial charge in [0.2, 0.25) is 0 Å². The zero-order chi connectivity index (χ0) is 28.6. The molecule has 0 unspecified atom stereocenters. The summed E-state index contributed by atoms with van der Waals surface area (Å²) in [4.78, 5) is 45.1. The van der Waals surface area contributed by atoms with E-state index in [-0.39, 0.29) is 65.4 Å². The van der Waals surface area contributed by atoms with Crippen LogP contribution in [0, 0.1) is 6.92 Å². The molecule has 1 aromatic carbocycles. The van der Waals surface area contributed by atoms with Crippen LogP contribution in [0.5, 0.6) is 5.75 Å². The Morgan fingerprint density at radius 2 is 1.21 bits per heavy atom. The number of hydrogen-bond donors (Lipinski definition) is 0. The molecule has 1 rings (SSSR count). The van der Waals surface area contributed by atoms with Crippen molar-refractivity contribution in [2.75, 3.05) is 91.2 Å². The summed E-state index contributed by atoms with van der Waals surface area (Å²) in [6, 6.07) is 5.83. The van der Waals surface area contributed by atoms with Crippen LogP contribution in [0.4, 0.5) is 5.69 Å². The lowest BCUT2D eigenvalue weighted by molar-refractivity contribution is -0.148. The second-order valence-corrected chi connectivity index (χ2v) is 7.85. The van der Waals surface area contributed by atoms with Crippen molar-refractivity contribution in [1.29, 1.82) is 0 Å². The number of aryl methyl sites for hydroxylation is 1. The molecule has 220 valence electrons. The van der Waals surface area contributed by atoms with Crippen molar-refractivity contribution in [3.05, 3.63) is 23.8 Å². The van der Waals surface area contributed by atoms with Crippen molar-refractivity contribution in [1.82, 2.24) is 0 Å². The first-order valence-electron chi connectivity index (χ1n) is 12.6. The van der Waals surface area contributed by atoms with Crippen molar-refractivity contribution in [2.24, 2.45) is 0 Å². The van der Waals surface area contributed by atoms with Crippen LogP contribution < -0.4 is 9.64 Å². The summed E-state index contributed by atoms with van der Waals surface area (Å²) < 4.78 is 41.0. The zero-order valence-corrected chi connectivity index (χ0v) is 22.6. The normalized spacial score (nSPS) is 10.4. The molecule has 0 fully saturated rings. The third-order valence-corrected chi connectivity index (χ3v) is 5.11. The molecule has 0 amide bonds. The van der Waals surface area contributed by atoms with E-state index >= 15 is 0 Å². The molecule has 0 radical (unpaired) electrons. The predicted octanol–water partition coefficient (Wildman–Crippen LogP) is 1.07. The van der Waals surface area contributed by atoms with Crippen LogP contribution in [-0.2, 0) is 52.3 Å². The number of benzene rings is 1. The number of ether oxygens (including phenoxy) is 8. The van der Waals surface area contributed by atoms with E-state index in [0.717, 1.165) is 17.0 Å². The molecule has 0 atom stereocenters. The van der Waals surface area contributed by atoms with Crippen LogP contribution >= 0.6 is 0 Å². The summed E-state index contributed by atoms with van der Waals surface area (Å²) in [7, 11) is 1.61. The molecule has 0 heterocycles. The van der Waals surface area contributed by atoms with E-state index < -0.39 is 11.9 Å². The van der Waals surface area contributed by atoms with Crippen LogP contribution in [0.3, 0.4) is 0 Å². The zero-order valence-electron chi connectivity index (χ0n) is 22.6. The first kappa shape index (κ1) is 33.6. The van der Waals surface area contributed by atoms with Crippen molar-refractivity contribution >= 4 is 30.6 Å². The lowest BCUT2D eigenvalue weighted by Crippen LogP contribution is -2.32. The Morgan fingerprint density at radius 1 is 0.718 bits per heavy atom. The van der Waals surface area contributed by atoms with E-state index in [0.29, 0.717) is 39.5 Å². The standard InChI is InChI=1S/C26H39NO12/c1-22-3-4-23(32-2)19-24(22)27(8-12-34-15-17-38-25(30)5-9-36-20-28)7-11-33-13-14-35-16-18-39-26(31)6-10-37-21-29/h3-4,19-21H,5-18H2,1-2H3. The lowest BCUT2D eigenvalue weighted by Gasteiger charge is -2.27. The van der Waals surface area contributed by atoms with Gasteiger partial charge in [-0.15, -0.1) is 0 Å². The van der Waals surface area contributed by atoms with Crippen LogP contribution in [0.15, 0.2) is 18.2 Å². The van der Waals surface area contributed by atoms with Gasteiger partial charge in [0.15, 0.2) is 0 Å². The quantitative estimate of drug-likeness (QED) is 0.0732. The summed E-state index contributed by atoms with van der Waals surface area (Å²) in [5, 5.41) is 0. The Bertz CT molecular complexity index is 835. The molecule has 0 saturated heterocycles. The molecule has 1 aromatic rings. The fraction of sp³-hybridized carbons (Fsp3) is 0.615. The minimum absolute atomic E-state index is 0.000611.